The summed E-state index contributed by atoms with van der Waals surface area (Å²) in [6.07, 6.45) is 6.53. The lowest BCUT2D eigenvalue weighted by molar-refractivity contribution is -0.0572. The van der Waals surface area contributed by atoms with Gasteiger partial charge >= 0.3 is 0 Å². The van der Waals surface area contributed by atoms with Gasteiger partial charge in [0.05, 0.1) is 0 Å². The first-order chi connectivity index (χ1) is 10.7. The summed E-state index contributed by atoms with van der Waals surface area (Å²) >= 11 is 0. The van der Waals surface area contributed by atoms with Gasteiger partial charge in [-0.1, -0.05) is 38.8 Å². The topological polar surface area (TPSA) is 30.5 Å². The smallest absolute Gasteiger partial charge is 0.119 e. The molecule has 0 bridgehead atoms. The van der Waals surface area contributed by atoms with Gasteiger partial charge in [-0.3, -0.25) is 0 Å². The van der Waals surface area contributed by atoms with Crippen molar-refractivity contribution in [2.45, 2.75) is 58.0 Å². The van der Waals surface area contributed by atoms with Crippen LogP contribution < -0.4 is 10.1 Å². The molecule has 126 valence electrons. The Bertz CT molecular complexity index is 400. The molecule has 0 amide bonds. The van der Waals surface area contributed by atoms with Crippen LogP contribution in [0.15, 0.2) is 24.3 Å². The molecule has 22 heavy (non-hydrogen) atoms. The maximum atomic E-state index is 6.07. The number of ether oxygens (including phenoxy) is 2. The van der Waals surface area contributed by atoms with E-state index in [1.807, 2.05) is 20.2 Å². The van der Waals surface area contributed by atoms with Crippen molar-refractivity contribution in [3.05, 3.63) is 29.8 Å². The minimum absolute atomic E-state index is 0.147. The lowest BCUT2D eigenvalue weighted by Gasteiger charge is -2.32. The van der Waals surface area contributed by atoms with Crippen LogP contribution in [0.2, 0.25) is 0 Å². The zero-order valence-electron chi connectivity index (χ0n) is 14.8. The lowest BCUT2D eigenvalue weighted by atomic mass is 9.93. The monoisotopic (exact) mass is 307 g/mol. The normalized spacial score (nSPS) is 11.6. The van der Waals surface area contributed by atoms with Gasteiger partial charge in [0.15, 0.2) is 0 Å². The van der Waals surface area contributed by atoms with Crippen LogP contribution in [0.1, 0.15) is 51.5 Å². The van der Waals surface area contributed by atoms with Gasteiger partial charge in [0.1, 0.15) is 18.0 Å². The Balaban J connectivity index is 2.62. The van der Waals surface area contributed by atoms with E-state index in [1.165, 1.54) is 5.56 Å². The Morgan fingerprint density at radius 3 is 2.45 bits per heavy atom. The SMILES string of the molecule is CCCC(CCC)(COc1cccc(CCCNC)c1)OC. The first kappa shape index (κ1) is 19.0. The molecule has 0 fully saturated rings. The molecule has 3 heteroatoms. The molecule has 0 aliphatic carbocycles. The van der Waals surface area contributed by atoms with E-state index in [1.54, 1.807) is 0 Å². The molecule has 0 aliphatic rings. The van der Waals surface area contributed by atoms with Crippen LogP contribution in [0.25, 0.3) is 0 Å². The highest BCUT2D eigenvalue weighted by Gasteiger charge is 2.29. The van der Waals surface area contributed by atoms with Crippen LogP contribution in [0.4, 0.5) is 0 Å². The van der Waals surface area contributed by atoms with Crippen LogP contribution in [-0.2, 0) is 11.2 Å². The third-order valence-electron chi connectivity index (χ3n) is 4.14. The van der Waals surface area contributed by atoms with Crippen molar-refractivity contribution in [1.82, 2.24) is 5.32 Å². The minimum Gasteiger partial charge on any atom is -0.491 e. The van der Waals surface area contributed by atoms with Crippen molar-refractivity contribution in [2.24, 2.45) is 0 Å². The summed E-state index contributed by atoms with van der Waals surface area (Å²) in [6.45, 7) is 6.08. The molecule has 0 saturated heterocycles. The Morgan fingerprint density at radius 1 is 1.14 bits per heavy atom. The molecule has 1 N–H and O–H groups in total. The van der Waals surface area contributed by atoms with E-state index < -0.39 is 0 Å². The lowest BCUT2D eigenvalue weighted by Crippen LogP contribution is -2.38. The van der Waals surface area contributed by atoms with Crippen molar-refractivity contribution in [2.75, 3.05) is 27.3 Å². The van der Waals surface area contributed by atoms with Crippen LogP contribution in [0.3, 0.4) is 0 Å². The van der Waals surface area contributed by atoms with Crippen molar-refractivity contribution in [3.63, 3.8) is 0 Å². The van der Waals surface area contributed by atoms with Crippen LogP contribution in [-0.4, -0.2) is 32.9 Å². The summed E-state index contributed by atoms with van der Waals surface area (Å²) in [7, 11) is 3.80. The van der Waals surface area contributed by atoms with Crippen LogP contribution in [0, 0.1) is 0 Å². The Morgan fingerprint density at radius 2 is 1.86 bits per heavy atom. The van der Waals surface area contributed by atoms with E-state index in [0.717, 1.165) is 50.8 Å². The van der Waals surface area contributed by atoms with Crippen LogP contribution >= 0.6 is 0 Å². The van der Waals surface area contributed by atoms with Gasteiger partial charge in [-0.15, -0.1) is 0 Å². The highest BCUT2D eigenvalue weighted by Crippen LogP contribution is 2.25. The molecule has 1 aromatic carbocycles. The minimum atomic E-state index is -0.147. The fourth-order valence-electron chi connectivity index (χ4n) is 2.92. The third kappa shape index (κ3) is 6.37. The Kier molecular flexibility index (Phi) is 9.17. The highest BCUT2D eigenvalue weighted by atomic mass is 16.5. The van der Waals surface area contributed by atoms with E-state index in [9.17, 15) is 0 Å². The third-order valence-corrected chi connectivity index (χ3v) is 4.14. The fraction of sp³-hybridized carbons (Fsp3) is 0.684. The highest BCUT2D eigenvalue weighted by molar-refractivity contribution is 5.28. The second-order valence-electron chi connectivity index (χ2n) is 6.03. The number of hydrogen-bond acceptors (Lipinski definition) is 3. The zero-order valence-corrected chi connectivity index (χ0v) is 14.8. The van der Waals surface area contributed by atoms with Crippen molar-refractivity contribution >= 4 is 0 Å². The van der Waals surface area contributed by atoms with Gasteiger partial charge in [-0.05, 0) is 57.0 Å². The molecule has 3 nitrogen and oxygen atoms in total. The van der Waals surface area contributed by atoms with E-state index in [2.05, 4.69) is 37.4 Å². The average Bonchev–Trinajstić information content (AvgIpc) is 2.54. The number of nitrogens with one attached hydrogen (secondary N) is 1. The molecule has 1 rings (SSSR count). The van der Waals surface area contributed by atoms with E-state index >= 15 is 0 Å². The number of methoxy groups -OCH3 is 1. The Labute approximate surface area is 136 Å². The largest absolute Gasteiger partial charge is 0.491 e. The maximum Gasteiger partial charge on any atom is 0.119 e. The summed E-state index contributed by atoms with van der Waals surface area (Å²) in [5, 5.41) is 3.19. The van der Waals surface area contributed by atoms with Crippen LogP contribution in [0.5, 0.6) is 5.75 Å². The molecule has 0 spiro atoms. The first-order valence-corrected chi connectivity index (χ1v) is 8.61. The molecular weight excluding hydrogens is 274 g/mol. The van der Waals surface area contributed by atoms with Crippen molar-refractivity contribution in [1.29, 1.82) is 0 Å². The van der Waals surface area contributed by atoms with Gasteiger partial charge in [0.2, 0.25) is 0 Å². The number of rotatable bonds is 12. The molecule has 0 unspecified atom stereocenters. The number of aryl methyl sites for hydroxylation is 1. The summed E-state index contributed by atoms with van der Waals surface area (Å²) in [5.74, 6) is 0.954. The molecule has 0 aliphatic heterocycles. The zero-order chi connectivity index (χ0) is 16.3. The molecular formula is C19H33NO2. The van der Waals surface area contributed by atoms with E-state index in [0.29, 0.717) is 6.61 Å². The molecule has 0 saturated carbocycles. The van der Waals surface area contributed by atoms with Gasteiger partial charge in [0.25, 0.3) is 0 Å². The summed E-state index contributed by atoms with van der Waals surface area (Å²) in [4.78, 5) is 0. The van der Waals surface area contributed by atoms with Gasteiger partial charge in [-0.25, -0.2) is 0 Å². The van der Waals surface area contributed by atoms with E-state index in [-0.39, 0.29) is 5.60 Å². The van der Waals surface area contributed by atoms with Crippen molar-refractivity contribution in [3.8, 4) is 5.75 Å². The summed E-state index contributed by atoms with van der Waals surface area (Å²) < 4.78 is 11.9. The second kappa shape index (κ2) is 10.6. The maximum absolute atomic E-state index is 6.07. The van der Waals surface area contributed by atoms with E-state index in [4.69, 9.17) is 9.47 Å². The summed E-state index contributed by atoms with van der Waals surface area (Å²) in [6, 6.07) is 8.45. The fourth-order valence-corrected chi connectivity index (χ4v) is 2.92. The number of benzene rings is 1. The first-order valence-electron chi connectivity index (χ1n) is 8.61. The molecule has 0 atom stereocenters. The molecule has 1 aromatic rings. The van der Waals surface area contributed by atoms with Gasteiger partial charge in [0, 0.05) is 7.11 Å². The van der Waals surface area contributed by atoms with Crippen molar-refractivity contribution < 1.29 is 9.47 Å². The Hall–Kier alpha value is -1.06. The molecule has 0 heterocycles. The summed E-state index contributed by atoms with van der Waals surface area (Å²) in [5.41, 5.74) is 1.19. The molecule has 0 aromatic heterocycles. The van der Waals surface area contributed by atoms with Gasteiger partial charge in [-0.2, -0.15) is 0 Å². The average molecular weight is 307 g/mol. The quantitative estimate of drug-likeness (QED) is 0.587. The standard InChI is InChI=1S/C19H33NO2/c1-5-12-19(21-4,13-6-2)16-22-18-11-7-9-17(15-18)10-8-14-20-3/h7,9,11,15,20H,5-6,8,10,12-14,16H2,1-4H3. The second-order valence-corrected chi connectivity index (χ2v) is 6.03. The predicted octanol–water partition coefficient (Wildman–Crippen LogP) is 4.20. The predicted molar refractivity (Wildman–Crippen MR) is 93.7 cm³/mol. The van der Waals surface area contributed by atoms with Gasteiger partial charge < -0.3 is 14.8 Å². The number of hydrogen-bond donors (Lipinski definition) is 1. The molecule has 0 radical (unpaired) electrons.